The molecular formula is C12H15BrN2O3S. The van der Waals surface area contributed by atoms with Crippen LogP contribution >= 0.6 is 27.7 Å². The second-order valence-corrected chi connectivity index (χ2v) is 5.72. The van der Waals surface area contributed by atoms with Gasteiger partial charge >= 0.3 is 5.97 Å². The van der Waals surface area contributed by atoms with Crippen molar-refractivity contribution in [3.63, 3.8) is 0 Å². The third kappa shape index (κ3) is 4.76. The molecule has 0 aliphatic heterocycles. The summed E-state index contributed by atoms with van der Waals surface area (Å²) in [6.07, 6.45) is 2.27. The molecule has 0 aliphatic rings. The first kappa shape index (κ1) is 15.8. The third-order valence-electron chi connectivity index (χ3n) is 2.48. The lowest BCUT2D eigenvalue weighted by Crippen LogP contribution is -2.41. The summed E-state index contributed by atoms with van der Waals surface area (Å²) in [5.41, 5.74) is 6.52. The monoisotopic (exact) mass is 346 g/mol. The van der Waals surface area contributed by atoms with Crippen molar-refractivity contribution in [2.45, 2.75) is 12.5 Å². The van der Waals surface area contributed by atoms with Gasteiger partial charge < -0.3 is 16.2 Å². The van der Waals surface area contributed by atoms with E-state index in [1.54, 1.807) is 18.2 Å². The van der Waals surface area contributed by atoms with Crippen molar-refractivity contribution in [2.24, 2.45) is 0 Å². The average Bonchev–Trinajstić information content (AvgIpc) is 2.37. The van der Waals surface area contributed by atoms with Crippen molar-refractivity contribution >= 4 is 45.3 Å². The first-order chi connectivity index (χ1) is 8.95. The quantitative estimate of drug-likeness (QED) is 0.684. The van der Waals surface area contributed by atoms with Gasteiger partial charge in [0.1, 0.15) is 6.04 Å². The van der Waals surface area contributed by atoms with E-state index in [1.165, 1.54) is 11.8 Å². The maximum atomic E-state index is 11.9. The number of carbonyl (C=O) groups is 2. The number of thioether (sulfide) groups is 1. The van der Waals surface area contributed by atoms with Crippen LogP contribution in [0.25, 0.3) is 0 Å². The fourth-order valence-corrected chi connectivity index (χ4v) is 2.25. The Morgan fingerprint density at radius 1 is 1.53 bits per heavy atom. The molecular weight excluding hydrogens is 332 g/mol. The highest BCUT2D eigenvalue weighted by molar-refractivity contribution is 9.10. The normalized spacial score (nSPS) is 11.9. The van der Waals surface area contributed by atoms with Gasteiger partial charge in [-0.1, -0.05) is 0 Å². The third-order valence-corrected chi connectivity index (χ3v) is 3.81. The number of carboxylic acids is 1. The van der Waals surface area contributed by atoms with E-state index in [0.717, 1.165) is 0 Å². The molecule has 0 unspecified atom stereocenters. The molecule has 1 amide bonds. The molecule has 0 saturated heterocycles. The Kier molecular flexibility index (Phi) is 6.17. The van der Waals surface area contributed by atoms with Gasteiger partial charge in [0, 0.05) is 15.7 Å². The van der Waals surface area contributed by atoms with Gasteiger partial charge in [-0.05, 0) is 52.6 Å². The maximum Gasteiger partial charge on any atom is 0.326 e. The minimum absolute atomic E-state index is 0.372. The van der Waals surface area contributed by atoms with Crippen LogP contribution in [0.2, 0.25) is 0 Å². The van der Waals surface area contributed by atoms with Crippen molar-refractivity contribution in [2.75, 3.05) is 17.7 Å². The predicted molar refractivity (Wildman–Crippen MR) is 80.4 cm³/mol. The lowest BCUT2D eigenvalue weighted by molar-refractivity contribution is -0.139. The molecule has 1 rings (SSSR count). The standard InChI is InChI=1S/C12H15BrN2O3S/c1-19-5-4-10(12(17)18)15-11(16)7-2-3-9(14)8(13)6-7/h2-3,6,10H,4-5,14H2,1H3,(H,15,16)(H,17,18)/t10-/m1/s1. The summed E-state index contributed by atoms with van der Waals surface area (Å²) >= 11 is 4.76. The smallest absolute Gasteiger partial charge is 0.326 e. The van der Waals surface area contributed by atoms with Gasteiger partial charge in [-0.2, -0.15) is 11.8 Å². The zero-order chi connectivity index (χ0) is 14.4. The maximum absolute atomic E-state index is 11.9. The molecule has 1 aromatic carbocycles. The number of rotatable bonds is 6. The molecule has 0 radical (unpaired) electrons. The van der Waals surface area contributed by atoms with Crippen LogP contribution in [-0.2, 0) is 4.79 Å². The summed E-state index contributed by atoms with van der Waals surface area (Å²) < 4.78 is 0.608. The van der Waals surface area contributed by atoms with Gasteiger partial charge in [-0.3, -0.25) is 4.79 Å². The molecule has 19 heavy (non-hydrogen) atoms. The minimum Gasteiger partial charge on any atom is -0.480 e. The largest absolute Gasteiger partial charge is 0.480 e. The van der Waals surface area contributed by atoms with Crippen molar-refractivity contribution < 1.29 is 14.7 Å². The van der Waals surface area contributed by atoms with Gasteiger partial charge in [0.05, 0.1) is 0 Å². The number of nitrogens with two attached hydrogens (primary N) is 1. The number of halogens is 1. The van der Waals surface area contributed by atoms with Crippen LogP contribution in [0.15, 0.2) is 22.7 Å². The van der Waals surface area contributed by atoms with Crippen molar-refractivity contribution in [1.82, 2.24) is 5.32 Å². The van der Waals surface area contributed by atoms with Crippen molar-refractivity contribution in [1.29, 1.82) is 0 Å². The van der Waals surface area contributed by atoms with E-state index in [4.69, 9.17) is 10.8 Å². The minimum atomic E-state index is -1.03. The summed E-state index contributed by atoms with van der Waals surface area (Å²) in [5, 5.41) is 11.5. The van der Waals surface area contributed by atoms with Crippen LogP contribution in [0.5, 0.6) is 0 Å². The Morgan fingerprint density at radius 3 is 2.74 bits per heavy atom. The van der Waals surface area contributed by atoms with E-state index in [0.29, 0.717) is 27.9 Å². The second kappa shape index (κ2) is 7.40. The highest BCUT2D eigenvalue weighted by Gasteiger charge is 2.20. The number of anilines is 1. The number of nitrogen functional groups attached to an aromatic ring is 1. The van der Waals surface area contributed by atoms with E-state index >= 15 is 0 Å². The Morgan fingerprint density at radius 2 is 2.21 bits per heavy atom. The molecule has 4 N–H and O–H groups in total. The number of nitrogens with one attached hydrogen (secondary N) is 1. The number of hydrogen-bond donors (Lipinski definition) is 3. The number of benzene rings is 1. The average molecular weight is 347 g/mol. The molecule has 0 aliphatic carbocycles. The molecule has 1 aromatic rings. The Balaban J connectivity index is 2.75. The molecule has 0 heterocycles. The summed E-state index contributed by atoms with van der Waals surface area (Å²) in [6.45, 7) is 0. The SMILES string of the molecule is CSCC[C@@H](NC(=O)c1ccc(N)c(Br)c1)C(=O)O. The van der Waals surface area contributed by atoms with Gasteiger partial charge in [0.2, 0.25) is 0 Å². The van der Waals surface area contributed by atoms with Crippen LogP contribution in [0.4, 0.5) is 5.69 Å². The Hall–Kier alpha value is -1.21. The van der Waals surface area contributed by atoms with Crippen LogP contribution in [0.1, 0.15) is 16.8 Å². The number of aliphatic carboxylic acids is 1. The molecule has 0 spiro atoms. The zero-order valence-electron chi connectivity index (χ0n) is 10.4. The predicted octanol–water partition coefficient (Wildman–Crippen LogP) is 1.97. The van der Waals surface area contributed by atoms with E-state index in [2.05, 4.69) is 21.2 Å². The number of carboxylic acid groups (broad SMARTS) is 1. The van der Waals surface area contributed by atoms with Crippen molar-refractivity contribution in [3.8, 4) is 0 Å². The highest BCUT2D eigenvalue weighted by atomic mass is 79.9. The van der Waals surface area contributed by atoms with Crippen LogP contribution in [-0.4, -0.2) is 35.0 Å². The summed E-state index contributed by atoms with van der Waals surface area (Å²) in [7, 11) is 0. The molecule has 0 bridgehead atoms. The van der Waals surface area contributed by atoms with E-state index < -0.39 is 17.9 Å². The number of amides is 1. The van der Waals surface area contributed by atoms with E-state index in [9.17, 15) is 9.59 Å². The van der Waals surface area contributed by atoms with Gasteiger partial charge in [0.15, 0.2) is 0 Å². The number of carbonyl (C=O) groups excluding carboxylic acids is 1. The van der Waals surface area contributed by atoms with Crippen LogP contribution in [0.3, 0.4) is 0 Å². The fourth-order valence-electron chi connectivity index (χ4n) is 1.40. The molecule has 1 atom stereocenters. The zero-order valence-corrected chi connectivity index (χ0v) is 12.8. The topological polar surface area (TPSA) is 92.4 Å². The number of hydrogen-bond acceptors (Lipinski definition) is 4. The van der Waals surface area contributed by atoms with E-state index in [1.807, 2.05) is 6.26 Å². The second-order valence-electron chi connectivity index (χ2n) is 3.88. The van der Waals surface area contributed by atoms with Crippen LogP contribution < -0.4 is 11.1 Å². The lowest BCUT2D eigenvalue weighted by atomic mass is 10.1. The summed E-state index contributed by atoms with van der Waals surface area (Å²) in [5.74, 6) is -0.783. The molecule has 0 saturated carbocycles. The summed E-state index contributed by atoms with van der Waals surface area (Å²) in [4.78, 5) is 23.0. The van der Waals surface area contributed by atoms with Gasteiger partial charge in [-0.15, -0.1) is 0 Å². The first-order valence-corrected chi connectivity index (χ1v) is 7.72. The molecule has 104 valence electrons. The van der Waals surface area contributed by atoms with E-state index in [-0.39, 0.29) is 0 Å². The van der Waals surface area contributed by atoms with Gasteiger partial charge in [-0.25, -0.2) is 4.79 Å². The van der Waals surface area contributed by atoms with Crippen LogP contribution in [0, 0.1) is 0 Å². The molecule has 0 aromatic heterocycles. The summed E-state index contributed by atoms with van der Waals surface area (Å²) in [6, 6.07) is 3.84. The van der Waals surface area contributed by atoms with Gasteiger partial charge in [0.25, 0.3) is 5.91 Å². The lowest BCUT2D eigenvalue weighted by Gasteiger charge is -2.14. The Labute approximate surface area is 124 Å². The fraction of sp³-hybridized carbons (Fsp3) is 0.333. The van der Waals surface area contributed by atoms with Crippen molar-refractivity contribution in [3.05, 3.63) is 28.2 Å². The molecule has 7 heteroatoms. The highest BCUT2D eigenvalue weighted by Crippen LogP contribution is 2.20. The first-order valence-electron chi connectivity index (χ1n) is 5.53. The molecule has 5 nitrogen and oxygen atoms in total. The molecule has 0 fully saturated rings. The Bertz CT molecular complexity index is 482.